The molecule has 0 saturated carbocycles. The van der Waals surface area contributed by atoms with Crippen molar-refractivity contribution in [3.8, 4) is 5.75 Å². The Labute approximate surface area is 114 Å². The lowest BCUT2D eigenvalue weighted by Crippen LogP contribution is -2.38. The van der Waals surface area contributed by atoms with E-state index < -0.39 is 0 Å². The van der Waals surface area contributed by atoms with E-state index in [0.717, 1.165) is 12.0 Å². The topological polar surface area (TPSA) is 58.6 Å². The summed E-state index contributed by atoms with van der Waals surface area (Å²) in [6.45, 7) is 6.11. The van der Waals surface area contributed by atoms with E-state index in [1.54, 1.807) is 0 Å². The van der Waals surface area contributed by atoms with Gasteiger partial charge in [-0.3, -0.25) is 4.79 Å². The average Bonchev–Trinajstić information content (AvgIpc) is 2.39. The Balaban J connectivity index is 2.43. The smallest absolute Gasteiger partial charge is 0.258 e. The molecule has 0 spiro atoms. The molecule has 0 aliphatic rings. The second-order valence-corrected chi connectivity index (χ2v) is 4.72. The summed E-state index contributed by atoms with van der Waals surface area (Å²) in [6.07, 6.45) is 1.38. The molecule has 1 aromatic carbocycles. The first kappa shape index (κ1) is 15.5. The minimum atomic E-state index is -0.154. The quantitative estimate of drug-likeness (QED) is 0.792. The van der Waals surface area contributed by atoms with Gasteiger partial charge in [-0.1, -0.05) is 13.0 Å². The number of aliphatic hydroxyl groups is 1. The summed E-state index contributed by atoms with van der Waals surface area (Å²) in [6, 6.07) is 5.78. The van der Waals surface area contributed by atoms with E-state index in [9.17, 15) is 4.79 Å². The normalized spacial score (nSPS) is 12.0. The summed E-state index contributed by atoms with van der Waals surface area (Å²) in [7, 11) is 0. The monoisotopic (exact) mass is 265 g/mol. The van der Waals surface area contributed by atoms with E-state index in [0.29, 0.717) is 12.2 Å². The number of ether oxygens (including phenoxy) is 1. The van der Waals surface area contributed by atoms with Crippen molar-refractivity contribution in [2.45, 2.75) is 39.7 Å². The molecule has 2 N–H and O–H groups in total. The highest BCUT2D eigenvalue weighted by atomic mass is 16.5. The van der Waals surface area contributed by atoms with Gasteiger partial charge in [0.1, 0.15) is 5.75 Å². The van der Waals surface area contributed by atoms with E-state index in [-0.39, 0.29) is 25.2 Å². The molecule has 0 saturated heterocycles. The number of amides is 1. The largest absolute Gasteiger partial charge is 0.484 e. The van der Waals surface area contributed by atoms with Crippen LogP contribution in [0.2, 0.25) is 0 Å². The molecule has 0 aliphatic heterocycles. The lowest BCUT2D eigenvalue weighted by Gasteiger charge is -2.16. The third-order valence-corrected chi connectivity index (χ3v) is 3.18. The summed E-state index contributed by atoms with van der Waals surface area (Å²) < 4.78 is 5.45. The molecule has 1 rings (SSSR count). The zero-order valence-electron chi connectivity index (χ0n) is 11.9. The number of hydrogen-bond acceptors (Lipinski definition) is 3. The number of rotatable bonds is 7. The predicted molar refractivity (Wildman–Crippen MR) is 75.3 cm³/mol. The fourth-order valence-electron chi connectivity index (χ4n) is 1.76. The van der Waals surface area contributed by atoms with E-state index in [4.69, 9.17) is 9.84 Å². The van der Waals surface area contributed by atoms with Crippen LogP contribution in [0.3, 0.4) is 0 Å². The van der Waals surface area contributed by atoms with Gasteiger partial charge in [0.15, 0.2) is 6.61 Å². The van der Waals surface area contributed by atoms with Gasteiger partial charge in [0.25, 0.3) is 5.91 Å². The molecule has 0 heterocycles. The Bertz CT molecular complexity index is 418. The highest BCUT2D eigenvalue weighted by Gasteiger charge is 2.10. The third kappa shape index (κ3) is 5.30. The van der Waals surface area contributed by atoms with Crippen molar-refractivity contribution in [3.05, 3.63) is 29.3 Å². The molecule has 0 aliphatic carbocycles. The number of benzene rings is 1. The highest BCUT2D eigenvalue weighted by molar-refractivity contribution is 5.77. The minimum Gasteiger partial charge on any atom is -0.484 e. The van der Waals surface area contributed by atoms with Crippen LogP contribution < -0.4 is 10.1 Å². The Hall–Kier alpha value is -1.55. The predicted octanol–water partition coefficient (Wildman–Crippen LogP) is 1.96. The van der Waals surface area contributed by atoms with Crippen molar-refractivity contribution in [2.75, 3.05) is 13.2 Å². The summed E-state index contributed by atoms with van der Waals surface area (Å²) in [5.41, 5.74) is 2.34. The van der Waals surface area contributed by atoms with Crippen molar-refractivity contribution >= 4 is 5.91 Å². The maximum Gasteiger partial charge on any atom is 0.258 e. The van der Waals surface area contributed by atoms with Gasteiger partial charge >= 0.3 is 0 Å². The number of hydrogen-bond donors (Lipinski definition) is 2. The molecular formula is C15H23NO3. The molecular weight excluding hydrogens is 242 g/mol. The lowest BCUT2D eigenvalue weighted by molar-refractivity contribution is -0.123. The third-order valence-electron chi connectivity index (χ3n) is 3.18. The number of aryl methyl sites for hydroxylation is 2. The molecule has 1 amide bonds. The van der Waals surface area contributed by atoms with E-state index in [1.165, 1.54) is 5.56 Å². The van der Waals surface area contributed by atoms with Crippen LogP contribution in [-0.4, -0.2) is 30.3 Å². The number of carbonyl (C=O) groups is 1. The Kier molecular flexibility index (Phi) is 6.36. The number of aliphatic hydroxyl groups excluding tert-OH is 1. The number of nitrogens with one attached hydrogen (secondary N) is 1. The second kappa shape index (κ2) is 7.79. The molecule has 0 aromatic heterocycles. The molecule has 4 heteroatoms. The summed E-state index contributed by atoms with van der Waals surface area (Å²) in [5.74, 6) is 0.548. The molecule has 19 heavy (non-hydrogen) atoms. The first-order valence-corrected chi connectivity index (χ1v) is 6.67. The number of carbonyl (C=O) groups excluding carboxylic acids is 1. The fourth-order valence-corrected chi connectivity index (χ4v) is 1.76. The summed E-state index contributed by atoms with van der Waals surface area (Å²) >= 11 is 0. The van der Waals surface area contributed by atoms with Crippen LogP contribution in [0.1, 0.15) is 30.9 Å². The van der Waals surface area contributed by atoms with Crippen LogP contribution >= 0.6 is 0 Å². The van der Waals surface area contributed by atoms with E-state index in [2.05, 4.69) is 5.32 Å². The van der Waals surface area contributed by atoms with Gasteiger partial charge in [-0.05, 0) is 49.9 Å². The van der Waals surface area contributed by atoms with E-state index >= 15 is 0 Å². The van der Waals surface area contributed by atoms with Gasteiger partial charge in [-0.2, -0.15) is 0 Å². The molecule has 106 valence electrons. The molecule has 0 radical (unpaired) electrons. The Morgan fingerprint density at radius 3 is 2.68 bits per heavy atom. The Morgan fingerprint density at radius 2 is 2.11 bits per heavy atom. The highest BCUT2D eigenvalue weighted by Crippen LogP contribution is 2.16. The molecule has 1 atom stereocenters. The molecule has 0 bridgehead atoms. The van der Waals surface area contributed by atoms with Crippen LogP contribution in [0.5, 0.6) is 5.75 Å². The van der Waals surface area contributed by atoms with Crippen LogP contribution in [0.25, 0.3) is 0 Å². The SMILES string of the molecule is CCC(CCO)NC(=O)COc1ccc(C)c(C)c1. The minimum absolute atomic E-state index is 0.00439. The lowest BCUT2D eigenvalue weighted by atomic mass is 10.1. The van der Waals surface area contributed by atoms with Crippen LogP contribution in [0.15, 0.2) is 18.2 Å². The van der Waals surface area contributed by atoms with Crippen molar-refractivity contribution in [2.24, 2.45) is 0 Å². The van der Waals surface area contributed by atoms with Crippen molar-refractivity contribution in [1.82, 2.24) is 5.32 Å². The van der Waals surface area contributed by atoms with Gasteiger partial charge in [0.2, 0.25) is 0 Å². The molecule has 1 unspecified atom stereocenters. The summed E-state index contributed by atoms with van der Waals surface area (Å²) in [5, 5.41) is 11.7. The maximum atomic E-state index is 11.7. The average molecular weight is 265 g/mol. The zero-order valence-corrected chi connectivity index (χ0v) is 11.9. The molecule has 4 nitrogen and oxygen atoms in total. The van der Waals surface area contributed by atoms with Crippen LogP contribution in [0, 0.1) is 13.8 Å². The van der Waals surface area contributed by atoms with Gasteiger partial charge in [0, 0.05) is 12.6 Å². The summed E-state index contributed by atoms with van der Waals surface area (Å²) in [4.78, 5) is 11.7. The molecule has 0 fully saturated rings. The fraction of sp³-hybridized carbons (Fsp3) is 0.533. The van der Waals surface area contributed by atoms with Crippen molar-refractivity contribution in [1.29, 1.82) is 0 Å². The van der Waals surface area contributed by atoms with Gasteiger partial charge in [-0.25, -0.2) is 0 Å². The van der Waals surface area contributed by atoms with Gasteiger partial charge in [-0.15, -0.1) is 0 Å². The first-order chi connectivity index (χ1) is 9.06. The van der Waals surface area contributed by atoms with Gasteiger partial charge in [0.05, 0.1) is 0 Å². The second-order valence-electron chi connectivity index (χ2n) is 4.72. The first-order valence-electron chi connectivity index (χ1n) is 6.67. The standard InChI is InChI=1S/C15H23NO3/c1-4-13(7-8-17)16-15(18)10-19-14-6-5-11(2)12(3)9-14/h5-6,9,13,17H,4,7-8,10H2,1-3H3,(H,16,18). The van der Waals surface area contributed by atoms with Crippen LogP contribution in [0.4, 0.5) is 0 Å². The van der Waals surface area contributed by atoms with Crippen molar-refractivity contribution < 1.29 is 14.6 Å². The zero-order chi connectivity index (χ0) is 14.3. The maximum absolute atomic E-state index is 11.7. The molecule has 1 aromatic rings. The van der Waals surface area contributed by atoms with Crippen molar-refractivity contribution in [3.63, 3.8) is 0 Å². The van der Waals surface area contributed by atoms with E-state index in [1.807, 2.05) is 39.0 Å². The van der Waals surface area contributed by atoms with Crippen LogP contribution in [-0.2, 0) is 4.79 Å². The Morgan fingerprint density at radius 1 is 1.37 bits per heavy atom. The van der Waals surface area contributed by atoms with Gasteiger partial charge < -0.3 is 15.2 Å².